The fourth-order valence-corrected chi connectivity index (χ4v) is 3.12. The average molecular weight is 388 g/mol. The second-order valence-corrected chi connectivity index (χ2v) is 6.59. The number of carbonyl (C=O) groups is 2. The number of halogens is 1. The number of carbonyl (C=O) groups excluding carboxylic acids is 2. The van der Waals surface area contributed by atoms with Crippen molar-refractivity contribution in [1.82, 2.24) is 9.80 Å². The maximum Gasteiger partial charge on any atom is 0.322 e. The van der Waals surface area contributed by atoms with Crippen LogP contribution in [-0.4, -0.2) is 54.5 Å². The van der Waals surface area contributed by atoms with Crippen molar-refractivity contribution in [2.75, 3.05) is 38.1 Å². The molecular formula is C20H22ClN3O3. The van der Waals surface area contributed by atoms with Crippen LogP contribution in [-0.2, 0) is 0 Å². The number of benzene rings is 2. The Balaban J connectivity index is 1.59. The van der Waals surface area contributed by atoms with Crippen LogP contribution in [0.2, 0.25) is 5.02 Å². The highest BCUT2D eigenvalue weighted by molar-refractivity contribution is 6.31. The molecule has 0 bridgehead atoms. The van der Waals surface area contributed by atoms with Crippen LogP contribution in [0.15, 0.2) is 48.5 Å². The molecule has 27 heavy (non-hydrogen) atoms. The second kappa shape index (κ2) is 8.77. The third-order valence-corrected chi connectivity index (χ3v) is 4.59. The topological polar surface area (TPSA) is 61.9 Å². The van der Waals surface area contributed by atoms with E-state index in [-0.39, 0.29) is 11.9 Å². The fourth-order valence-electron chi connectivity index (χ4n) is 2.95. The van der Waals surface area contributed by atoms with E-state index in [2.05, 4.69) is 5.32 Å². The molecule has 142 valence electrons. The minimum Gasteiger partial charge on any atom is -0.492 e. The Hall–Kier alpha value is -2.73. The highest BCUT2D eigenvalue weighted by atomic mass is 35.5. The van der Waals surface area contributed by atoms with Crippen molar-refractivity contribution in [2.45, 2.75) is 6.92 Å². The zero-order chi connectivity index (χ0) is 19.2. The highest BCUT2D eigenvalue weighted by Gasteiger charge is 2.25. The number of amides is 3. The van der Waals surface area contributed by atoms with E-state index in [1.165, 1.54) is 0 Å². The lowest BCUT2D eigenvalue weighted by Gasteiger charge is -2.34. The molecule has 2 aromatic rings. The van der Waals surface area contributed by atoms with Gasteiger partial charge in [0, 0.05) is 36.8 Å². The molecule has 0 saturated carbocycles. The van der Waals surface area contributed by atoms with E-state index in [1.54, 1.807) is 40.1 Å². The number of ether oxygens (including phenoxy) is 1. The van der Waals surface area contributed by atoms with Crippen LogP contribution in [0.4, 0.5) is 10.5 Å². The molecule has 0 aliphatic carbocycles. The van der Waals surface area contributed by atoms with E-state index in [9.17, 15) is 9.59 Å². The van der Waals surface area contributed by atoms with Gasteiger partial charge in [0.25, 0.3) is 5.91 Å². The van der Waals surface area contributed by atoms with Crippen LogP contribution in [0.5, 0.6) is 5.75 Å². The van der Waals surface area contributed by atoms with Gasteiger partial charge in [0.1, 0.15) is 5.75 Å². The van der Waals surface area contributed by atoms with Gasteiger partial charge in [-0.1, -0.05) is 29.8 Å². The Morgan fingerprint density at radius 2 is 1.70 bits per heavy atom. The normalized spacial score (nSPS) is 14.0. The summed E-state index contributed by atoms with van der Waals surface area (Å²) in [4.78, 5) is 28.5. The zero-order valence-corrected chi connectivity index (χ0v) is 15.9. The van der Waals surface area contributed by atoms with Crippen molar-refractivity contribution in [2.24, 2.45) is 0 Å². The van der Waals surface area contributed by atoms with Gasteiger partial charge in [-0.2, -0.15) is 0 Å². The summed E-state index contributed by atoms with van der Waals surface area (Å²) in [6.45, 7) is 4.29. The molecule has 1 saturated heterocycles. The van der Waals surface area contributed by atoms with Gasteiger partial charge in [-0.25, -0.2) is 4.79 Å². The molecule has 0 radical (unpaired) electrons. The van der Waals surface area contributed by atoms with Crippen molar-refractivity contribution in [1.29, 1.82) is 0 Å². The molecule has 6 nitrogen and oxygen atoms in total. The third-order valence-electron chi connectivity index (χ3n) is 4.36. The van der Waals surface area contributed by atoms with Gasteiger partial charge in [-0.15, -0.1) is 0 Å². The van der Waals surface area contributed by atoms with Gasteiger partial charge < -0.3 is 19.9 Å². The number of anilines is 1. The molecule has 2 aromatic carbocycles. The van der Waals surface area contributed by atoms with Crippen LogP contribution in [0, 0.1) is 0 Å². The number of rotatable bonds is 4. The van der Waals surface area contributed by atoms with Crippen molar-refractivity contribution < 1.29 is 14.3 Å². The van der Waals surface area contributed by atoms with Crippen molar-refractivity contribution >= 4 is 29.2 Å². The van der Waals surface area contributed by atoms with Crippen LogP contribution in [0.1, 0.15) is 17.3 Å². The lowest BCUT2D eigenvalue weighted by Crippen LogP contribution is -2.51. The maximum atomic E-state index is 12.6. The van der Waals surface area contributed by atoms with Gasteiger partial charge in [0.15, 0.2) is 0 Å². The van der Waals surface area contributed by atoms with Crippen LogP contribution in [0.25, 0.3) is 0 Å². The van der Waals surface area contributed by atoms with Gasteiger partial charge in [0.05, 0.1) is 12.3 Å². The van der Waals surface area contributed by atoms with Crippen molar-refractivity contribution in [3.05, 3.63) is 59.1 Å². The Labute approximate surface area is 163 Å². The second-order valence-electron chi connectivity index (χ2n) is 6.15. The molecule has 3 amide bonds. The lowest BCUT2D eigenvalue weighted by molar-refractivity contribution is 0.0671. The Morgan fingerprint density at radius 1 is 1.04 bits per heavy atom. The predicted octanol–water partition coefficient (Wildman–Crippen LogP) is 3.73. The molecule has 1 aliphatic rings. The summed E-state index contributed by atoms with van der Waals surface area (Å²) in [5, 5.41) is 3.38. The minimum atomic E-state index is -0.231. The summed E-state index contributed by atoms with van der Waals surface area (Å²) < 4.78 is 5.53. The summed E-state index contributed by atoms with van der Waals surface area (Å²) in [7, 11) is 0. The fraction of sp³-hybridized carbons (Fsp3) is 0.300. The van der Waals surface area contributed by atoms with E-state index in [0.717, 1.165) is 0 Å². The third kappa shape index (κ3) is 4.71. The number of nitrogens with one attached hydrogen (secondary N) is 1. The summed E-state index contributed by atoms with van der Waals surface area (Å²) >= 11 is 6.03. The minimum absolute atomic E-state index is 0.0101. The first-order chi connectivity index (χ1) is 13.1. The molecule has 0 unspecified atom stereocenters. The number of piperazine rings is 1. The SMILES string of the molecule is CCOc1ccc(Cl)cc1NC(=O)N1CCN(C(=O)c2ccccc2)CC1. The summed E-state index contributed by atoms with van der Waals surface area (Å²) in [5.74, 6) is 0.567. The first-order valence-corrected chi connectivity index (χ1v) is 9.29. The van der Waals surface area contributed by atoms with Crippen molar-refractivity contribution in [3.8, 4) is 5.75 Å². The van der Waals surface area contributed by atoms with E-state index < -0.39 is 0 Å². The molecule has 7 heteroatoms. The number of hydrogen-bond donors (Lipinski definition) is 1. The molecule has 0 atom stereocenters. The lowest BCUT2D eigenvalue weighted by atomic mass is 10.2. The largest absolute Gasteiger partial charge is 0.492 e. The summed E-state index contributed by atoms with van der Waals surface area (Å²) in [6, 6.07) is 14.1. The van der Waals surface area contributed by atoms with Gasteiger partial charge in [-0.05, 0) is 37.3 Å². The first kappa shape index (κ1) is 19.0. The molecule has 1 heterocycles. The van der Waals surface area contributed by atoms with Gasteiger partial charge in [0.2, 0.25) is 0 Å². The Morgan fingerprint density at radius 3 is 2.37 bits per heavy atom. The summed E-state index contributed by atoms with van der Waals surface area (Å²) in [5.41, 5.74) is 1.20. The van der Waals surface area contributed by atoms with E-state index in [0.29, 0.717) is 54.8 Å². The molecule has 1 fully saturated rings. The number of hydrogen-bond acceptors (Lipinski definition) is 3. The molecule has 3 rings (SSSR count). The predicted molar refractivity (Wildman–Crippen MR) is 106 cm³/mol. The standard InChI is InChI=1S/C20H22ClN3O3/c1-2-27-18-9-8-16(21)14-17(18)22-20(26)24-12-10-23(11-13-24)19(25)15-6-4-3-5-7-15/h3-9,14H,2,10-13H2,1H3,(H,22,26). The smallest absolute Gasteiger partial charge is 0.322 e. The van der Waals surface area contributed by atoms with Gasteiger partial charge in [-0.3, -0.25) is 4.79 Å². The highest BCUT2D eigenvalue weighted by Crippen LogP contribution is 2.28. The van der Waals surface area contributed by atoms with Crippen LogP contribution in [0.3, 0.4) is 0 Å². The molecule has 1 aliphatic heterocycles. The molecule has 1 N–H and O–H groups in total. The Bertz CT molecular complexity index is 805. The molecule has 0 aromatic heterocycles. The molecular weight excluding hydrogens is 366 g/mol. The van der Waals surface area contributed by atoms with Crippen LogP contribution >= 0.6 is 11.6 Å². The monoisotopic (exact) mass is 387 g/mol. The van der Waals surface area contributed by atoms with Crippen molar-refractivity contribution in [3.63, 3.8) is 0 Å². The quantitative estimate of drug-likeness (QED) is 0.869. The number of nitrogens with zero attached hydrogens (tertiary/aromatic N) is 2. The Kier molecular flexibility index (Phi) is 6.19. The molecule has 0 spiro atoms. The van der Waals surface area contributed by atoms with Gasteiger partial charge >= 0.3 is 6.03 Å². The summed E-state index contributed by atoms with van der Waals surface area (Å²) in [6.07, 6.45) is 0. The zero-order valence-electron chi connectivity index (χ0n) is 15.2. The van der Waals surface area contributed by atoms with Crippen LogP contribution < -0.4 is 10.1 Å². The van der Waals surface area contributed by atoms with E-state index >= 15 is 0 Å². The maximum absolute atomic E-state index is 12.6. The van der Waals surface area contributed by atoms with E-state index in [1.807, 2.05) is 25.1 Å². The van der Waals surface area contributed by atoms with E-state index in [4.69, 9.17) is 16.3 Å². The number of urea groups is 1. The average Bonchev–Trinajstić information content (AvgIpc) is 2.70. The first-order valence-electron chi connectivity index (χ1n) is 8.91.